The van der Waals surface area contributed by atoms with Crippen LogP contribution in [0.5, 0.6) is 5.75 Å². The molecule has 0 aliphatic carbocycles. The predicted octanol–water partition coefficient (Wildman–Crippen LogP) is 4.34. The second kappa shape index (κ2) is 8.07. The van der Waals surface area contributed by atoms with Gasteiger partial charge in [-0.15, -0.1) is 0 Å². The maximum atomic E-state index is 12.5. The molecule has 2 N–H and O–H groups in total. The number of carbonyl (C=O) groups is 1. The maximum Gasteiger partial charge on any atom is 0.271 e. The lowest BCUT2D eigenvalue weighted by Crippen LogP contribution is -2.32. The third kappa shape index (κ3) is 5.20. The topological polar surface area (TPSA) is 93.5 Å². The van der Waals surface area contributed by atoms with Crippen LogP contribution < -0.4 is 15.4 Å². The Labute approximate surface area is 158 Å². The Hall–Kier alpha value is -3.09. The molecular formula is C20H25N3O4. The van der Waals surface area contributed by atoms with Crippen molar-refractivity contribution in [3.05, 3.63) is 58.1 Å². The Kier molecular flexibility index (Phi) is 6.05. The molecule has 144 valence electrons. The van der Waals surface area contributed by atoms with Gasteiger partial charge >= 0.3 is 0 Å². The van der Waals surface area contributed by atoms with Crippen molar-refractivity contribution in [3.63, 3.8) is 0 Å². The summed E-state index contributed by atoms with van der Waals surface area (Å²) in [5, 5.41) is 16.8. The highest BCUT2D eigenvalue weighted by Gasteiger charge is 2.18. The van der Waals surface area contributed by atoms with Crippen LogP contribution in [0.25, 0.3) is 0 Å². The van der Waals surface area contributed by atoms with E-state index in [0.29, 0.717) is 5.75 Å². The zero-order valence-electron chi connectivity index (χ0n) is 16.2. The summed E-state index contributed by atoms with van der Waals surface area (Å²) < 4.78 is 5.17. The van der Waals surface area contributed by atoms with Gasteiger partial charge in [-0.05, 0) is 36.1 Å². The molecule has 0 aliphatic heterocycles. The lowest BCUT2D eigenvalue weighted by Gasteiger charge is -2.20. The second-order valence-corrected chi connectivity index (χ2v) is 7.32. The molecule has 0 saturated heterocycles. The fourth-order valence-corrected chi connectivity index (χ4v) is 2.53. The minimum Gasteiger partial charge on any atom is -0.495 e. The van der Waals surface area contributed by atoms with Crippen molar-refractivity contribution in [2.75, 3.05) is 17.7 Å². The summed E-state index contributed by atoms with van der Waals surface area (Å²) in [7, 11) is 1.44. The molecule has 0 saturated carbocycles. The van der Waals surface area contributed by atoms with Crippen LogP contribution in [0.2, 0.25) is 0 Å². The molecule has 2 aromatic rings. The van der Waals surface area contributed by atoms with Crippen molar-refractivity contribution in [1.29, 1.82) is 0 Å². The molecule has 7 nitrogen and oxygen atoms in total. The first-order valence-electron chi connectivity index (χ1n) is 8.62. The van der Waals surface area contributed by atoms with Gasteiger partial charge in [0.2, 0.25) is 5.91 Å². The maximum absolute atomic E-state index is 12.5. The zero-order chi connectivity index (χ0) is 20.2. The third-order valence-electron chi connectivity index (χ3n) is 4.18. The van der Waals surface area contributed by atoms with Gasteiger partial charge in [0.1, 0.15) is 11.8 Å². The number of nitro benzene ring substituents is 1. The predicted molar refractivity (Wildman–Crippen MR) is 107 cm³/mol. The van der Waals surface area contributed by atoms with E-state index in [9.17, 15) is 14.9 Å². The normalized spacial score (nSPS) is 12.2. The smallest absolute Gasteiger partial charge is 0.271 e. The van der Waals surface area contributed by atoms with Gasteiger partial charge < -0.3 is 15.4 Å². The summed E-state index contributed by atoms with van der Waals surface area (Å²) in [6.07, 6.45) is 0. The number of ether oxygens (including phenoxy) is 1. The Bertz CT molecular complexity index is 826. The van der Waals surface area contributed by atoms with Gasteiger partial charge in [-0.3, -0.25) is 14.9 Å². The number of carbonyl (C=O) groups excluding carboxylic acids is 1. The van der Waals surface area contributed by atoms with Crippen molar-refractivity contribution in [3.8, 4) is 5.75 Å². The minimum absolute atomic E-state index is 0.0557. The zero-order valence-corrected chi connectivity index (χ0v) is 16.2. The van der Waals surface area contributed by atoms with Crippen LogP contribution in [0, 0.1) is 10.1 Å². The molecule has 1 amide bonds. The van der Waals surface area contributed by atoms with Crippen LogP contribution in [0.4, 0.5) is 17.1 Å². The molecule has 0 radical (unpaired) electrons. The van der Waals surface area contributed by atoms with Crippen LogP contribution in [0.3, 0.4) is 0 Å². The summed E-state index contributed by atoms with van der Waals surface area (Å²) in [4.78, 5) is 22.9. The number of hydrogen-bond acceptors (Lipinski definition) is 5. The van der Waals surface area contributed by atoms with E-state index in [1.165, 1.54) is 30.9 Å². The van der Waals surface area contributed by atoms with Crippen molar-refractivity contribution in [2.45, 2.75) is 39.2 Å². The van der Waals surface area contributed by atoms with E-state index in [1.807, 2.05) is 24.3 Å². The van der Waals surface area contributed by atoms with Crippen LogP contribution >= 0.6 is 0 Å². The van der Waals surface area contributed by atoms with Crippen LogP contribution in [0.1, 0.15) is 33.3 Å². The fourth-order valence-electron chi connectivity index (χ4n) is 2.53. The second-order valence-electron chi connectivity index (χ2n) is 7.32. The fraction of sp³-hybridized carbons (Fsp3) is 0.350. The molecule has 2 rings (SSSR count). The van der Waals surface area contributed by atoms with Crippen molar-refractivity contribution >= 4 is 23.0 Å². The van der Waals surface area contributed by atoms with E-state index >= 15 is 0 Å². The number of hydrogen-bond donors (Lipinski definition) is 2. The van der Waals surface area contributed by atoms with Crippen LogP contribution in [-0.2, 0) is 10.2 Å². The summed E-state index contributed by atoms with van der Waals surface area (Å²) in [6.45, 7) is 8.13. The SMILES string of the molecule is COc1ccc([N+](=O)[O-])cc1NC(=O)[C@@H](C)Nc1ccc(C(C)(C)C)cc1. The molecule has 27 heavy (non-hydrogen) atoms. The van der Waals surface area contributed by atoms with E-state index in [0.717, 1.165) is 5.69 Å². The molecule has 0 fully saturated rings. The van der Waals surface area contributed by atoms with Crippen molar-refractivity contribution in [1.82, 2.24) is 0 Å². The third-order valence-corrected chi connectivity index (χ3v) is 4.18. The number of anilines is 2. The van der Waals surface area contributed by atoms with E-state index in [4.69, 9.17) is 4.74 Å². The summed E-state index contributed by atoms with van der Waals surface area (Å²) in [5.41, 5.74) is 2.21. The lowest BCUT2D eigenvalue weighted by molar-refractivity contribution is -0.384. The van der Waals surface area contributed by atoms with Crippen LogP contribution in [-0.4, -0.2) is 24.0 Å². The Morgan fingerprint density at radius 1 is 1.15 bits per heavy atom. The highest BCUT2D eigenvalue weighted by molar-refractivity contribution is 5.97. The largest absolute Gasteiger partial charge is 0.495 e. The molecule has 0 bridgehead atoms. The number of benzene rings is 2. The molecule has 0 spiro atoms. The molecule has 0 unspecified atom stereocenters. The Morgan fingerprint density at radius 2 is 1.78 bits per heavy atom. The molecule has 0 aromatic heterocycles. The lowest BCUT2D eigenvalue weighted by atomic mass is 9.87. The van der Waals surface area contributed by atoms with Crippen molar-refractivity contribution < 1.29 is 14.5 Å². The van der Waals surface area contributed by atoms with Gasteiger partial charge in [0.15, 0.2) is 0 Å². The number of non-ortho nitro benzene ring substituents is 1. The van der Waals surface area contributed by atoms with Gasteiger partial charge in [0.05, 0.1) is 17.7 Å². The number of methoxy groups -OCH3 is 1. The highest BCUT2D eigenvalue weighted by atomic mass is 16.6. The summed E-state index contributed by atoms with van der Waals surface area (Å²) >= 11 is 0. The van der Waals surface area contributed by atoms with Gasteiger partial charge in [-0.1, -0.05) is 32.9 Å². The number of nitrogens with zero attached hydrogens (tertiary/aromatic N) is 1. The van der Waals surface area contributed by atoms with Gasteiger partial charge in [0.25, 0.3) is 5.69 Å². The van der Waals surface area contributed by atoms with E-state index < -0.39 is 11.0 Å². The quantitative estimate of drug-likeness (QED) is 0.582. The molecule has 1 atom stereocenters. The number of amides is 1. The highest BCUT2D eigenvalue weighted by Crippen LogP contribution is 2.29. The van der Waals surface area contributed by atoms with Crippen molar-refractivity contribution in [2.24, 2.45) is 0 Å². The monoisotopic (exact) mass is 371 g/mol. The number of nitro groups is 1. The van der Waals surface area contributed by atoms with Gasteiger partial charge in [-0.25, -0.2) is 0 Å². The van der Waals surface area contributed by atoms with E-state index in [2.05, 4.69) is 31.4 Å². The van der Waals surface area contributed by atoms with E-state index in [1.54, 1.807) is 6.92 Å². The van der Waals surface area contributed by atoms with Gasteiger partial charge in [0, 0.05) is 17.8 Å². The molecule has 2 aromatic carbocycles. The summed E-state index contributed by atoms with van der Waals surface area (Å²) in [5.74, 6) is 0.0318. The average molecular weight is 371 g/mol. The minimum atomic E-state index is -0.547. The first kappa shape index (κ1) is 20.2. The van der Waals surface area contributed by atoms with E-state index in [-0.39, 0.29) is 22.7 Å². The van der Waals surface area contributed by atoms with Gasteiger partial charge in [-0.2, -0.15) is 0 Å². The first-order chi connectivity index (χ1) is 12.6. The standard InChI is InChI=1S/C20H25N3O4/c1-13(21-15-8-6-14(7-9-15)20(2,3)4)19(24)22-17-12-16(23(25)26)10-11-18(17)27-5/h6-13,21H,1-5H3,(H,22,24)/t13-/m1/s1. The average Bonchev–Trinajstić information content (AvgIpc) is 2.61. The van der Waals surface area contributed by atoms with Crippen LogP contribution in [0.15, 0.2) is 42.5 Å². The Morgan fingerprint density at radius 3 is 2.30 bits per heavy atom. The first-order valence-corrected chi connectivity index (χ1v) is 8.62. The number of nitrogens with one attached hydrogen (secondary N) is 2. The Balaban J connectivity index is 2.09. The molecule has 7 heteroatoms. The number of rotatable bonds is 6. The molecule has 0 aliphatic rings. The summed E-state index contributed by atoms with van der Waals surface area (Å²) in [6, 6.07) is 11.4. The molecular weight excluding hydrogens is 346 g/mol. The molecule has 0 heterocycles.